The Bertz CT molecular complexity index is 433. The van der Waals surface area contributed by atoms with Crippen molar-refractivity contribution in [1.29, 1.82) is 0 Å². The highest BCUT2D eigenvalue weighted by Crippen LogP contribution is 2.48. The molecule has 0 unspecified atom stereocenters. The van der Waals surface area contributed by atoms with Crippen LogP contribution < -0.4 is 10.1 Å². The summed E-state index contributed by atoms with van der Waals surface area (Å²) >= 11 is 0. The summed E-state index contributed by atoms with van der Waals surface area (Å²) in [5.41, 5.74) is 2.11. The molecule has 1 aromatic rings. The number of nitrogens with one attached hydrogen (secondary N) is 1. The first-order valence-corrected chi connectivity index (χ1v) is 7.62. The van der Waals surface area contributed by atoms with E-state index in [1.165, 1.54) is 44.2 Å². The molecular formula is C17H25NO. The van der Waals surface area contributed by atoms with Crippen molar-refractivity contribution in [1.82, 2.24) is 5.32 Å². The molecule has 2 saturated carbocycles. The van der Waals surface area contributed by atoms with Gasteiger partial charge in [0.1, 0.15) is 5.75 Å². The standard InChI is InChI=1S/C17H25NO/c1-3-17(7-8-17)12-18-15-9-14(10-15)13-5-4-6-16(11-13)19-2/h4-6,11,14-15,18H,3,7-10,12H2,1-2H3. The lowest BCUT2D eigenvalue weighted by atomic mass is 9.75. The van der Waals surface area contributed by atoms with E-state index in [1.807, 2.05) is 6.07 Å². The molecule has 0 atom stereocenters. The molecule has 19 heavy (non-hydrogen) atoms. The number of hydrogen-bond acceptors (Lipinski definition) is 2. The minimum atomic E-state index is 0.668. The second-order valence-corrected chi connectivity index (χ2v) is 6.38. The molecular weight excluding hydrogens is 234 g/mol. The average Bonchev–Trinajstić information content (AvgIpc) is 3.18. The third-order valence-electron chi connectivity index (χ3n) is 5.18. The number of ether oxygens (including phenoxy) is 1. The molecule has 0 saturated heterocycles. The van der Waals surface area contributed by atoms with Gasteiger partial charge in [0.2, 0.25) is 0 Å². The van der Waals surface area contributed by atoms with Crippen molar-refractivity contribution < 1.29 is 4.74 Å². The lowest BCUT2D eigenvalue weighted by molar-refractivity contribution is 0.268. The fourth-order valence-corrected chi connectivity index (χ4v) is 3.15. The molecule has 104 valence electrons. The summed E-state index contributed by atoms with van der Waals surface area (Å²) in [5.74, 6) is 1.71. The second-order valence-electron chi connectivity index (χ2n) is 6.38. The zero-order chi connectivity index (χ0) is 13.3. The van der Waals surface area contributed by atoms with Gasteiger partial charge in [-0.15, -0.1) is 0 Å². The van der Waals surface area contributed by atoms with Gasteiger partial charge in [0.25, 0.3) is 0 Å². The van der Waals surface area contributed by atoms with Crippen molar-refractivity contribution in [2.24, 2.45) is 5.41 Å². The van der Waals surface area contributed by atoms with Crippen molar-refractivity contribution in [2.75, 3.05) is 13.7 Å². The maximum absolute atomic E-state index is 5.30. The Balaban J connectivity index is 1.47. The van der Waals surface area contributed by atoms with E-state index < -0.39 is 0 Å². The van der Waals surface area contributed by atoms with Gasteiger partial charge in [-0.3, -0.25) is 0 Å². The molecule has 2 nitrogen and oxygen atoms in total. The van der Waals surface area contributed by atoms with Crippen LogP contribution in [0.15, 0.2) is 24.3 Å². The predicted octanol–water partition coefficient (Wildman–Crippen LogP) is 3.72. The van der Waals surface area contributed by atoms with Crippen molar-refractivity contribution in [3.05, 3.63) is 29.8 Å². The Kier molecular flexibility index (Phi) is 3.53. The topological polar surface area (TPSA) is 21.3 Å². The van der Waals surface area contributed by atoms with E-state index in [2.05, 4.69) is 30.4 Å². The van der Waals surface area contributed by atoms with E-state index in [-0.39, 0.29) is 0 Å². The zero-order valence-corrected chi connectivity index (χ0v) is 12.1. The predicted molar refractivity (Wildman–Crippen MR) is 78.7 cm³/mol. The SMILES string of the molecule is CCC1(CNC2CC(c3cccc(OC)c3)C2)CC1. The first kappa shape index (κ1) is 13.0. The smallest absolute Gasteiger partial charge is 0.119 e. The van der Waals surface area contributed by atoms with E-state index >= 15 is 0 Å². The molecule has 2 aliphatic rings. The first-order chi connectivity index (χ1) is 9.24. The molecule has 1 N–H and O–H groups in total. The van der Waals surface area contributed by atoms with Crippen LogP contribution in [0.25, 0.3) is 0 Å². The van der Waals surface area contributed by atoms with Crippen LogP contribution in [-0.2, 0) is 0 Å². The van der Waals surface area contributed by atoms with Gasteiger partial charge in [0, 0.05) is 12.6 Å². The van der Waals surface area contributed by atoms with Crippen LogP contribution in [-0.4, -0.2) is 19.7 Å². The molecule has 0 bridgehead atoms. The summed E-state index contributed by atoms with van der Waals surface area (Å²) in [6.45, 7) is 3.56. The molecule has 1 aromatic carbocycles. The van der Waals surface area contributed by atoms with Crippen molar-refractivity contribution in [2.45, 2.75) is 51.0 Å². The van der Waals surface area contributed by atoms with Crippen LogP contribution in [0.1, 0.15) is 50.5 Å². The first-order valence-electron chi connectivity index (χ1n) is 7.62. The Labute approximate surface area is 116 Å². The monoisotopic (exact) mass is 259 g/mol. The van der Waals surface area contributed by atoms with Gasteiger partial charge in [-0.1, -0.05) is 19.1 Å². The zero-order valence-electron chi connectivity index (χ0n) is 12.1. The van der Waals surface area contributed by atoms with Gasteiger partial charge in [-0.05, 0) is 61.1 Å². The van der Waals surface area contributed by atoms with Crippen LogP contribution in [0.5, 0.6) is 5.75 Å². The van der Waals surface area contributed by atoms with E-state index in [4.69, 9.17) is 4.74 Å². The average molecular weight is 259 g/mol. The number of methoxy groups -OCH3 is 1. The summed E-state index contributed by atoms with van der Waals surface area (Å²) in [4.78, 5) is 0. The van der Waals surface area contributed by atoms with Crippen molar-refractivity contribution >= 4 is 0 Å². The molecule has 0 aromatic heterocycles. The van der Waals surface area contributed by atoms with Crippen LogP contribution in [0.3, 0.4) is 0 Å². The summed E-state index contributed by atoms with van der Waals surface area (Å²) in [6, 6.07) is 9.29. The van der Waals surface area contributed by atoms with E-state index in [0.29, 0.717) is 5.41 Å². The lowest BCUT2D eigenvalue weighted by Gasteiger charge is -2.37. The molecule has 0 spiro atoms. The molecule has 3 rings (SSSR count). The maximum Gasteiger partial charge on any atom is 0.119 e. The second kappa shape index (κ2) is 5.16. The van der Waals surface area contributed by atoms with E-state index in [1.54, 1.807) is 7.11 Å². The van der Waals surface area contributed by atoms with Crippen molar-refractivity contribution in [3.63, 3.8) is 0 Å². The van der Waals surface area contributed by atoms with Gasteiger partial charge >= 0.3 is 0 Å². The molecule has 2 heteroatoms. The van der Waals surface area contributed by atoms with Gasteiger partial charge in [0.05, 0.1) is 7.11 Å². The summed E-state index contributed by atoms with van der Waals surface area (Å²) in [7, 11) is 1.74. The highest BCUT2D eigenvalue weighted by molar-refractivity contribution is 5.32. The van der Waals surface area contributed by atoms with E-state index in [9.17, 15) is 0 Å². The van der Waals surface area contributed by atoms with Crippen LogP contribution >= 0.6 is 0 Å². The van der Waals surface area contributed by atoms with Crippen LogP contribution in [0.4, 0.5) is 0 Å². The molecule has 0 amide bonds. The van der Waals surface area contributed by atoms with Crippen molar-refractivity contribution in [3.8, 4) is 5.75 Å². The molecule has 0 radical (unpaired) electrons. The van der Waals surface area contributed by atoms with Gasteiger partial charge < -0.3 is 10.1 Å². The molecule has 2 aliphatic carbocycles. The molecule has 0 aliphatic heterocycles. The quantitative estimate of drug-likeness (QED) is 0.840. The number of hydrogen-bond donors (Lipinski definition) is 1. The van der Waals surface area contributed by atoms with Crippen LogP contribution in [0.2, 0.25) is 0 Å². The fraction of sp³-hybridized carbons (Fsp3) is 0.647. The maximum atomic E-state index is 5.30. The highest BCUT2D eigenvalue weighted by Gasteiger charge is 2.41. The highest BCUT2D eigenvalue weighted by atomic mass is 16.5. The summed E-state index contributed by atoms with van der Waals surface area (Å²) < 4.78 is 5.30. The Morgan fingerprint density at radius 1 is 1.32 bits per heavy atom. The van der Waals surface area contributed by atoms with Gasteiger partial charge in [-0.2, -0.15) is 0 Å². The Morgan fingerprint density at radius 3 is 2.74 bits per heavy atom. The normalized spacial score (nSPS) is 27.7. The summed E-state index contributed by atoms with van der Waals surface area (Å²) in [5, 5.41) is 3.77. The van der Waals surface area contributed by atoms with Gasteiger partial charge in [-0.25, -0.2) is 0 Å². The number of rotatable bonds is 6. The van der Waals surface area contributed by atoms with E-state index in [0.717, 1.165) is 17.7 Å². The molecule has 0 heterocycles. The Morgan fingerprint density at radius 2 is 2.11 bits per heavy atom. The van der Waals surface area contributed by atoms with Crippen LogP contribution in [0, 0.1) is 5.41 Å². The largest absolute Gasteiger partial charge is 0.497 e. The third-order valence-corrected chi connectivity index (χ3v) is 5.18. The molecule has 2 fully saturated rings. The minimum Gasteiger partial charge on any atom is -0.497 e. The number of benzene rings is 1. The fourth-order valence-electron chi connectivity index (χ4n) is 3.15. The lowest BCUT2D eigenvalue weighted by Crippen LogP contribution is -2.42. The summed E-state index contributed by atoms with van der Waals surface area (Å²) in [6.07, 6.45) is 6.77. The third kappa shape index (κ3) is 2.79. The minimum absolute atomic E-state index is 0.668. The Hall–Kier alpha value is -1.02. The van der Waals surface area contributed by atoms with Gasteiger partial charge in [0.15, 0.2) is 0 Å².